The van der Waals surface area contributed by atoms with Crippen molar-refractivity contribution in [1.29, 1.82) is 0 Å². The van der Waals surface area contributed by atoms with Crippen LogP contribution in [-0.4, -0.2) is 23.9 Å². The topological polar surface area (TPSA) is 45.5 Å². The summed E-state index contributed by atoms with van der Waals surface area (Å²) in [6, 6.07) is 9.21. The molecule has 128 valence electrons. The standard InChI is InChI=1S/C18H20Cl2N2O2/c19-16-6-1-7-17(20)15(16)12-22-8-2-4-13(11-22)18(23)21-10-14-5-3-9-24-14/h1,3,5-7,9,13H,2,4,8,10-12H2,(H,21,23)/t13-/m0/s1. The van der Waals surface area contributed by atoms with Crippen molar-refractivity contribution < 1.29 is 9.21 Å². The van der Waals surface area contributed by atoms with Crippen molar-refractivity contribution >= 4 is 29.1 Å². The van der Waals surface area contributed by atoms with Crippen LogP contribution in [0.5, 0.6) is 0 Å². The molecular weight excluding hydrogens is 347 g/mol. The van der Waals surface area contributed by atoms with Crippen molar-refractivity contribution in [2.45, 2.75) is 25.9 Å². The first kappa shape index (κ1) is 17.3. The number of furan rings is 1. The van der Waals surface area contributed by atoms with E-state index in [0.29, 0.717) is 29.7 Å². The zero-order chi connectivity index (χ0) is 16.9. The Bertz CT molecular complexity index is 668. The fraction of sp³-hybridized carbons (Fsp3) is 0.389. The Balaban J connectivity index is 1.56. The number of piperidine rings is 1. The van der Waals surface area contributed by atoms with Crippen LogP contribution in [0.3, 0.4) is 0 Å². The van der Waals surface area contributed by atoms with Gasteiger partial charge in [-0.1, -0.05) is 29.3 Å². The lowest BCUT2D eigenvalue weighted by Crippen LogP contribution is -2.42. The molecule has 1 aliphatic heterocycles. The molecule has 1 atom stereocenters. The van der Waals surface area contributed by atoms with Gasteiger partial charge in [0.05, 0.1) is 18.7 Å². The highest BCUT2D eigenvalue weighted by Crippen LogP contribution is 2.27. The second-order valence-corrected chi connectivity index (χ2v) is 6.89. The van der Waals surface area contributed by atoms with Gasteiger partial charge in [0.1, 0.15) is 5.76 Å². The molecule has 2 aromatic rings. The van der Waals surface area contributed by atoms with Gasteiger partial charge in [-0.2, -0.15) is 0 Å². The number of hydrogen-bond acceptors (Lipinski definition) is 3. The lowest BCUT2D eigenvalue weighted by Gasteiger charge is -2.32. The van der Waals surface area contributed by atoms with Crippen molar-refractivity contribution in [1.82, 2.24) is 10.2 Å². The summed E-state index contributed by atoms with van der Waals surface area (Å²) >= 11 is 12.5. The van der Waals surface area contributed by atoms with Crippen LogP contribution in [0.4, 0.5) is 0 Å². The molecule has 0 spiro atoms. The smallest absolute Gasteiger partial charge is 0.224 e. The minimum Gasteiger partial charge on any atom is -0.467 e. The SMILES string of the molecule is O=C(NCc1ccco1)[C@H]1CCCN(Cc2c(Cl)cccc2Cl)C1. The predicted molar refractivity (Wildman–Crippen MR) is 95.0 cm³/mol. The minimum absolute atomic E-state index is 0.0185. The Morgan fingerprint density at radius 1 is 1.25 bits per heavy atom. The minimum atomic E-state index is -0.0185. The fourth-order valence-corrected chi connectivity index (χ4v) is 3.57. The number of carbonyl (C=O) groups excluding carboxylic acids is 1. The van der Waals surface area contributed by atoms with E-state index in [9.17, 15) is 4.79 Å². The molecule has 4 nitrogen and oxygen atoms in total. The molecule has 2 heterocycles. The molecule has 1 N–H and O–H groups in total. The van der Waals surface area contributed by atoms with Crippen LogP contribution in [0, 0.1) is 5.92 Å². The number of benzene rings is 1. The number of likely N-dealkylation sites (tertiary alicyclic amines) is 1. The molecule has 1 fully saturated rings. The van der Waals surface area contributed by atoms with Crippen molar-refractivity contribution in [3.8, 4) is 0 Å². The molecule has 1 aliphatic rings. The highest BCUT2D eigenvalue weighted by atomic mass is 35.5. The van der Waals surface area contributed by atoms with Crippen molar-refractivity contribution in [3.05, 3.63) is 58.0 Å². The van der Waals surface area contributed by atoms with Gasteiger partial charge in [0.2, 0.25) is 5.91 Å². The normalized spacial score (nSPS) is 18.5. The Kier molecular flexibility index (Phi) is 5.82. The van der Waals surface area contributed by atoms with Crippen molar-refractivity contribution in [3.63, 3.8) is 0 Å². The van der Waals surface area contributed by atoms with E-state index in [1.807, 2.05) is 30.3 Å². The number of carbonyl (C=O) groups is 1. The molecule has 1 aromatic heterocycles. The molecule has 0 unspecified atom stereocenters. The van der Waals surface area contributed by atoms with E-state index in [4.69, 9.17) is 27.6 Å². The largest absolute Gasteiger partial charge is 0.467 e. The summed E-state index contributed by atoms with van der Waals surface area (Å²) in [4.78, 5) is 14.6. The van der Waals surface area contributed by atoms with Crippen LogP contribution < -0.4 is 5.32 Å². The lowest BCUT2D eigenvalue weighted by molar-refractivity contribution is -0.127. The van der Waals surface area contributed by atoms with Crippen molar-refractivity contribution in [2.75, 3.05) is 13.1 Å². The number of hydrogen-bond donors (Lipinski definition) is 1. The van der Waals surface area contributed by atoms with E-state index in [1.54, 1.807) is 6.26 Å². The van der Waals surface area contributed by atoms with Crippen LogP contribution in [0.1, 0.15) is 24.2 Å². The third-order valence-corrected chi connectivity index (χ3v) is 5.04. The van der Waals surface area contributed by atoms with Crippen LogP contribution in [0.15, 0.2) is 41.0 Å². The van der Waals surface area contributed by atoms with Crippen LogP contribution in [-0.2, 0) is 17.9 Å². The first-order chi connectivity index (χ1) is 11.6. The highest BCUT2D eigenvalue weighted by Gasteiger charge is 2.26. The molecule has 1 amide bonds. The summed E-state index contributed by atoms with van der Waals surface area (Å²) in [7, 11) is 0. The Morgan fingerprint density at radius 3 is 2.75 bits per heavy atom. The van der Waals surface area contributed by atoms with Gasteiger partial charge in [0.15, 0.2) is 0 Å². The maximum atomic E-state index is 12.4. The quantitative estimate of drug-likeness (QED) is 0.865. The second kappa shape index (κ2) is 8.06. The number of nitrogens with one attached hydrogen (secondary N) is 1. The molecule has 3 rings (SSSR count). The number of rotatable bonds is 5. The summed E-state index contributed by atoms with van der Waals surface area (Å²) in [6.45, 7) is 2.76. The van der Waals surface area contributed by atoms with Gasteiger partial charge >= 0.3 is 0 Å². The first-order valence-corrected chi connectivity index (χ1v) is 8.84. The van der Waals surface area contributed by atoms with Crippen LogP contribution in [0.2, 0.25) is 10.0 Å². The van der Waals surface area contributed by atoms with Gasteiger partial charge in [-0.15, -0.1) is 0 Å². The molecule has 0 radical (unpaired) electrons. The Morgan fingerprint density at radius 2 is 2.04 bits per heavy atom. The van der Waals surface area contributed by atoms with Gasteiger partial charge in [0, 0.05) is 28.7 Å². The van der Waals surface area contributed by atoms with Gasteiger partial charge in [-0.3, -0.25) is 9.69 Å². The molecule has 0 aliphatic carbocycles. The maximum absolute atomic E-state index is 12.4. The lowest BCUT2D eigenvalue weighted by atomic mass is 9.96. The molecule has 1 aromatic carbocycles. The van der Waals surface area contributed by atoms with Gasteiger partial charge in [0.25, 0.3) is 0 Å². The second-order valence-electron chi connectivity index (χ2n) is 6.07. The average molecular weight is 367 g/mol. The Labute approximate surface area is 151 Å². The Hall–Kier alpha value is -1.49. The third kappa shape index (κ3) is 4.32. The maximum Gasteiger partial charge on any atom is 0.224 e. The van der Waals surface area contributed by atoms with E-state index >= 15 is 0 Å². The zero-order valence-electron chi connectivity index (χ0n) is 13.3. The summed E-state index contributed by atoms with van der Waals surface area (Å²) in [5.74, 6) is 0.815. The van der Waals surface area contributed by atoms with E-state index < -0.39 is 0 Å². The molecule has 1 saturated heterocycles. The molecule has 0 saturated carbocycles. The van der Waals surface area contributed by atoms with E-state index in [2.05, 4.69) is 10.2 Å². The third-order valence-electron chi connectivity index (χ3n) is 4.34. The van der Waals surface area contributed by atoms with Gasteiger partial charge in [-0.25, -0.2) is 0 Å². The van der Waals surface area contributed by atoms with Gasteiger partial charge in [-0.05, 0) is 43.7 Å². The van der Waals surface area contributed by atoms with Crippen molar-refractivity contribution in [2.24, 2.45) is 5.92 Å². The molecule has 0 bridgehead atoms. The number of nitrogens with zero attached hydrogens (tertiary/aromatic N) is 1. The summed E-state index contributed by atoms with van der Waals surface area (Å²) in [5.41, 5.74) is 0.928. The number of halogens is 2. The predicted octanol–water partition coefficient (Wildman–Crippen LogP) is 4.11. The zero-order valence-corrected chi connectivity index (χ0v) is 14.8. The average Bonchev–Trinajstić information content (AvgIpc) is 3.10. The summed E-state index contributed by atoms with van der Waals surface area (Å²) in [5, 5.41) is 4.30. The van der Waals surface area contributed by atoms with E-state index in [0.717, 1.165) is 30.7 Å². The van der Waals surface area contributed by atoms with Gasteiger partial charge < -0.3 is 9.73 Å². The first-order valence-electron chi connectivity index (χ1n) is 8.09. The molecule has 6 heteroatoms. The summed E-state index contributed by atoms with van der Waals surface area (Å²) < 4.78 is 5.24. The van der Waals surface area contributed by atoms with E-state index in [-0.39, 0.29) is 11.8 Å². The van der Waals surface area contributed by atoms with E-state index in [1.165, 1.54) is 0 Å². The fourth-order valence-electron chi connectivity index (χ4n) is 3.05. The van der Waals surface area contributed by atoms with Crippen LogP contribution >= 0.6 is 23.2 Å². The summed E-state index contributed by atoms with van der Waals surface area (Å²) in [6.07, 6.45) is 3.49. The van der Waals surface area contributed by atoms with Crippen LogP contribution in [0.25, 0.3) is 0 Å². The monoisotopic (exact) mass is 366 g/mol. The molecule has 24 heavy (non-hydrogen) atoms. The molecular formula is C18H20Cl2N2O2. The highest BCUT2D eigenvalue weighted by molar-refractivity contribution is 6.35. The number of amides is 1.